The van der Waals surface area contributed by atoms with Crippen molar-refractivity contribution in [2.45, 2.75) is 45.0 Å². The minimum atomic E-state index is -1.96. The number of methoxy groups -OCH3 is 2. The van der Waals surface area contributed by atoms with Gasteiger partial charge < -0.3 is 14.3 Å². The van der Waals surface area contributed by atoms with Crippen molar-refractivity contribution >= 4 is 25.5 Å². The first-order valence-corrected chi connectivity index (χ1v) is 11.9. The summed E-state index contributed by atoms with van der Waals surface area (Å²) in [5.74, 6) is -0.235. The molecule has 0 amide bonds. The summed E-state index contributed by atoms with van der Waals surface area (Å²) in [7, 11) is 0.945. The van der Waals surface area contributed by atoms with Gasteiger partial charge in [0.05, 0.1) is 15.2 Å². The fraction of sp³-hybridized carbons (Fsp3) is 0.600. The number of aldehydes is 1. The van der Waals surface area contributed by atoms with Crippen molar-refractivity contribution in [1.82, 2.24) is 0 Å². The van der Waals surface area contributed by atoms with Gasteiger partial charge in [-0.25, -0.2) is 4.79 Å². The number of carbonyl (C=O) groups excluding carboxylic acids is 2. The van der Waals surface area contributed by atoms with Crippen LogP contribution in [0.2, 0.25) is 18.6 Å². The quantitative estimate of drug-likeness (QED) is 0.443. The molecule has 0 aliphatic heterocycles. The molecule has 0 radical (unpaired) electrons. The molecule has 0 N–H and O–H groups in total. The van der Waals surface area contributed by atoms with E-state index >= 15 is 0 Å². The predicted molar refractivity (Wildman–Crippen MR) is 102 cm³/mol. The first-order valence-electron chi connectivity index (χ1n) is 8.85. The monoisotopic (exact) mass is 362 g/mol. The average Bonchev–Trinajstić information content (AvgIpc) is 2.88. The van der Waals surface area contributed by atoms with Crippen molar-refractivity contribution in [2.24, 2.45) is 17.3 Å². The number of carbonyl (C=O) groups is 2. The topological polar surface area (TPSA) is 52.6 Å². The van der Waals surface area contributed by atoms with Crippen molar-refractivity contribution in [3.63, 3.8) is 0 Å². The Morgan fingerprint density at radius 2 is 1.88 bits per heavy atom. The van der Waals surface area contributed by atoms with Gasteiger partial charge in [-0.15, -0.1) is 0 Å². The molecule has 1 aromatic carbocycles. The highest BCUT2D eigenvalue weighted by Gasteiger charge is 2.59. The van der Waals surface area contributed by atoms with Gasteiger partial charge in [0.25, 0.3) is 0 Å². The third-order valence-corrected chi connectivity index (χ3v) is 10.6. The maximum Gasteiger partial charge on any atom is 0.335 e. The molecule has 25 heavy (non-hydrogen) atoms. The number of hydrogen-bond acceptors (Lipinski definition) is 4. The molecule has 0 unspecified atom stereocenters. The summed E-state index contributed by atoms with van der Waals surface area (Å²) in [5.41, 5.74) is -0.341. The lowest BCUT2D eigenvalue weighted by molar-refractivity contribution is -0.158. The third-order valence-electron chi connectivity index (χ3n) is 6.16. The second-order valence-electron chi connectivity index (χ2n) is 8.12. The maximum atomic E-state index is 12.4. The first-order chi connectivity index (χ1) is 11.7. The molecule has 1 aliphatic carbocycles. The smallest absolute Gasteiger partial charge is 0.335 e. The Bertz CT molecular complexity index is 615. The molecule has 2 rings (SSSR count). The van der Waals surface area contributed by atoms with Crippen LogP contribution in [0, 0.1) is 17.3 Å². The highest BCUT2D eigenvalue weighted by Crippen LogP contribution is 2.57. The molecule has 1 aromatic rings. The van der Waals surface area contributed by atoms with E-state index in [0.717, 1.165) is 12.7 Å². The Kier molecular flexibility index (Phi) is 5.89. The van der Waals surface area contributed by atoms with Gasteiger partial charge in [0.2, 0.25) is 0 Å². The van der Waals surface area contributed by atoms with E-state index in [1.165, 1.54) is 19.4 Å². The molecule has 1 saturated carbocycles. The van der Waals surface area contributed by atoms with Crippen LogP contribution < -0.4 is 5.19 Å². The summed E-state index contributed by atoms with van der Waals surface area (Å²) in [6.07, 6.45) is 1.08. The molecule has 0 saturated heterocycles. The molecule has 0 aromatic heterocycles. The summed E-state index contributed by atoms with van der Waals surface area (Å²) >= 11 is 0. The summed E-state index contributed by atoms with van der Waals surface area (Å²) < 4.78 is 10.6. The van der Waals surface area contributed by atoms with E-state index in [1.54, 1.807) is 0 Å². The van der Waals surface area contributed by atoms with E-state index in [0.29, 0.717) is 5.92 Å². The zero-order valence-electron chi connectivity index (χ0n) is 16.1. The van der Waals surface area contributed by atoms with Crippen LogP contribution in [0.25, 0.3) is 0 Å². The van der Waals surface area contributed by atoms with Crippen LogP contribution in [-0.2, 0) is 19.1 Å². The Morgan fingerprint density at radius 1 is 1.28 bits per heavy atom. The second-order valence-corrected chi connectivity index (χ2v) is 12.8. The fourth-order valence-electron chi connectivity index (χ4n) is 5.11. The SMILES string of the molecule is COC(=O)[C@@H](OC)[C@@H]1[C@@H]([Si](C)(C)c2ccccc2)[C@H](C)C[C@]1(C)C=O. The van der Waals surface area contributed by atoms with E-state index < -0.39 is 25.6 Å². The predicted octanol–water partition coefficient (Wildman–Crippen LogP) is 3.02. The molecule has 0 spiro atoms. The minimum absolute atomic E-state index is 0.181. The molecule has 4 nitrogen and oxygen atoms in total. The zero-order chi connectivity index (χ0) is 18.8. The van der Waals surface area contributed by atoms with Crippen LogP contribution in [0.3, 0.4) is 0 Å². The van der Waals surface area contributed by atoms with E-state index in [1.807, 2.05) is 13.0 Å². The summed E-state index contributed by atoms with van der Waals surface area (Å²) in [6, 6.07) is 10.5. The van der Waals surface area contributed by atoms with Gasteiger partial charge in [0.1, 0.15) is 6.29 Å². The summed E-state index contributed by atoms with van der Waals surface area (Å²) in [5, 5.41) is 1.34. The van der Waals surface area contributed by atoms with Crippen molar-refractivity contribution in [2.75, 3.05) is 14.2 Å². The second kappa shape index (κ2) is 7.42. The molecule has 1 aliphatic rings. The molecule has 1 fully saturated rings. The van der Waals surface area contributed by atoms with Gasteiger partial charge in [-0.3, -0.25) is 0 Å². The summed E-state index contributed by atoms with van der Waals surface area (Å²) in [6.45, 7) is 8.83. The van der Waals surface area contributed by atoms with Crippen LogP contribution in [0.5, 0.6) is 0 Å². The Balaban J connectivity index is 2.56. The highest BCUT2D eigenvalue weighted by molar-refractivity contribution is 6.91. The molecule has 138 valence electrons. The first kappa shape index (κ1) is 19.9. The number of benzene rings is 1. The van der Waals surface area contributed by atoms with Gasteiger partial charge in [-0.05, 0) is 17.9 Å². The number of esters is 1. The molecular formula is C20H30O4Si. The molecular weight excluding hydrogens is 332 g/mol. The van der Waals surface area contributed by atoms with Gasteiger partial charge >= 0.3 is 5.97 Å². The minimum Gasteiger partial charge on any atom is -0.467 e. The molecule has 5 heteroatoms. The largest absolute Gasteiger partial charge is 0.467 e. The number of ether oxygens (including phenoxy) is 2. The van der Waals surface area contributed by atoms with Crippen molar-refractivity contribution in [3.8, 4) is 0 Å². The van der Waals surface area contributed by atoms with Crippen molar-refractivity contribution in [1.29, 1.82) is 0 Å². The van der Waals surface area contributed by atoms with E-state index in [4.69, 9.17) is 9.47 Å². The zero-order valence-corrected chi connectivity index (χ0v) is 17.1. The average molecular weight is 363 g/mol. The highest BCUT2D eigenvalue weighted by atomic mass is 28.3. The van der Waals surface area contributed by atoms with Gasteiger partial charge in [0.15, 0.2) is 6.10 Å². The standard InChI is InChI=1S/C20H30O4Si/c1-14-12-20(2,13-21)16(17(23-3)19(22)24-4)18(14)25(5,6)15-10-8-7-9-11-15/h7-11,13-14,16-18H,12H2,1-6H3/t14-,16-,17+,18+,20-/m1/s1. The van der Waals surface area contributed by atoms with E-state index in [9.17, 15) is 9.59 Å². The normalized spacial score (nSPS) is 30.7. The van der Waals surface area contributed by atoms with Crippen LogP contribution in [0.15, 0.2) is 30.3 Å². The third kappa shape index (κ3) is 3.44. The number of hydrogen-bond donors (Lipinski definition) is 0. The van der Waals surface area contributed by atoms with Crippen LogP contribution in [0.1, 0.15) is 20.3 Å². The van der Waals surface area contributed by atoms with E-state index in [-0.39, 0.29) is 11.5 Å². The Hall–Kier alpha value is -1.46. The molecule has 5 atom stereocenters. The lowest BCUT2D eigenvalue weighted by Crippen LogP contribution is -2.53. The van der Waals surface area contributed by atoms with Crippen LogP contribution >= 0.6 is 0 Å². The van der Waals surface area contributed by atoms with Gasteiger partial charge in [-0.1, -0.05) is 62.5 Å². The van der Waals surface area contributed by atoms with Crippen LogP contribution in [-0.4, -0.2) is 40.7 Å². The fourth-order valence-corrected chi connectivity index (χ4v) is 9.54. The lowest BCUT2D eigenvalue weighted by Gasteiger charge is -2.41. The van der Waals surface area contributed by atoms with Crippen LogP contribution in [0.4, 0.5) is 0 Å². The van der Waals surface area contributed by atoms with Gasteiger partial charge in [0, 0.05) is 18.4 Å². The molecule has 0 bridgehead atoms. The molecule has 0 heterocycles. The maximum absolute atomic E-state index is 12.4. The Morgan fingerprint density at radius 3 is 2.36 bits per heavy atom. The van der Waals surface area contributed by atoms with E-state index in [2.05, 4.69) is 44.3 Å². The lowest BCUT2D eigenvalue weighted by atomic mass is 9.77. The van der Waals surface area contributed by atoms with Crippen molar-refractivity contribution < 1.29 is 19.1 Å². The summed E-state index contributed by atoms with van der Waals surface area (Å²) in [4.78, 5) is 24.4. The van der Waals surface area contributed by atoms with Gasteiger partial charge in [-0.2, -0.15) is 0 Å². The number of rotatable bonds is 6. The van der Waals surface area contributed by atoms with Crippen molar-refractivity contribution in [3.05, 3.63) is 30.3 Å². The Labute approximate surface area is 151 Å².